The summed E-state index contributed by atoms with van der Waals surface area (Å²) in [5.41, 5.74) is 4.62. The molecule has 3 nitrogen and oxygen atoms in total. The van der Waals surface area contributed by atoms with E-state index in [-0.39, 0.29) is 11.8 Å². The van der Waals surface area contributed by atoms with Crippen molar-refractivity contribution in [2.24, 2.45) is 10.9 Å². The fraction of sp³-hybridized carbons (Fsp3) is 0.238. The minimum absolute atomic E-state index is 0.0159. The molecule has 1 aliphatic heterocycles. The Kier molecular flexibility index (Phi) is 4.90. The zero-order chi connectivity index (χ0) is 16.9. The van der Waals surface area contributed by atoms with Crippen molar-refractivity contribution in [3.05, 3.63) is 77.5 Å². The maximum atomic E-state index is 12.0. The van der Waals surface area contributed by atoms with Crippen LogP contribution in [-0.2, 0) is 11.2 Å². The third-order valence-electron chi connectivity index (χ3n) is 4.09. The van der Waals surface area contributed by atoms with Gasteiger partial charge in [0.2, 0.25) is 5.91 Å². The van der Waals surface area contributed by atoms with Crippen molar-refractivity contribution >= 4 is 17.3 Å². The second kappa shape index (κ2) is 7.26. The molecule has 0 saturated heterocycles. The Balaban J connectivity index is 1.88. The fourth-order valence-electron chi connectivity index (χ4n) is 2.74. The van der Waals surface area contributed by atoms with Gasteiger partial charge in [0, 0.05) is 18.8 Å². The summed E-state index contributed by atoms with van der Waals surface area (Å²) in [6.07, 6.45) is 1.44. The lowest BCUT2D eigenvalue weighted by Crippen LogP contribution is -2.32. The van der Waals surface area contributed by atoms with Gasteiger partial charge in [0.05, 0.1) is 5.70 Å². The number of rotatable bonds is 4. The predicted molar refractivity (Wildman–Crippen MR) is 98.5 cm³/mol. The number of hydrogen-bond acceptors (Lipinski definition) is 2. The van der Waals surface area contributed by atoms with Crippen LogP contribution in [-0.4, -0.2) is 11.7 Å². The van der Waals surface area contributed by atoms with Crippen molar-refractivity contribution in [3.8, 4) is 0 Å². The van der Waals surface area contributed by atoms with Crippen molar-refractivity contribution < 1.29 is 4.79 Å². The second-order valence-corrected chi connectivity index (χ2v) is 6.33. The molecule has 0 bridgehead atoms. The van der Waals surface area contributed by atoms with Crippen LogP contribution in [0.3, 0.4) is 0 Å². The van der Waals surface area contributed by atoms with Gasteiger partial charge in [-0.3, -0.25) is 4.79 Å². The third kappa shape index (κ3) is 3.80. The number of allylic oxidation sites excluding steroid dienone is 1. The molecule has 0 spiro atoms. The molecule has 0 unspecified atom stereocenters. The normalized spacial score (nSPS) is 14.0. The molecule has 1 aliphatic rings. The number of carbonyl (C=O) groups is 1. The predicted octanol–water partition coefficient (Wildman–Crippen LogP) is 4.21. The Morgan fingerprint density at radius 3 is 2.29 bits per heavy atom. The molecule has 2 aromatic rings. The molecule has 1 heterocycles. The van der Waals surface area contributed by atoms with E-state index < -0.39 is 0 Å². The largest absolute Gasteiger partial charge is 0.314 e. The molecule has 0 radical (unpaired) electrons. The fourth-order valence-corrected chi connectivity index (χ4v) is 2.74. The first kappa shape index (κ1) is 16.2. The smallest absolute Gasteiger partial charge is 0.227 e. The Hall–Kier alpha value is -2.68. The van der Waals surface area contributed by atoms with Crippen molar-refractivity contribution in [1.29, 1.82) is 0 Å². The number of aliphatic imine (C=N–C) groups is 1. The molecular formula is C21H22N2O. The summed E-state index contributed by atoms with van der Waals surface area (Å²) in [7, 11) is 0. The molecule has 2 aromatic carbocycles. The maximum Gasteiger partial charge on any atom is 0.227 e. The second-order valence-electron chi connectivity index (χ2n) is 6.33. The average Bonchev–Trinajstić information content (AvgIpc) is 2.98. The summed E-state index contributed by atoms with van der Waals surface area (Å²) in [4.78, 5) is 16.7. The summed E-state index contributed by atoms with van der Waals surface area (Å²) in [5, 5.41) is 2.96. The van der Waals surface area contributed by atoms with Gasteiger partial charge < -0.3 is 5.32 Å². The summed E-state index contributed by atoms with van der Waals surface area (Å²) in [6.45, 7) is 3.78. The molecule has 0 atom stereocenters. The van der Waals surface area contributed by atoms with Crippen LogP contribution in [0.25, 0.3) is 5.57 Å². The maximum absolute atomic E-state index is 12.0. The van der Waals surface area contributed by atoms with Crippen molar-refractivity contribution in [2.45, 2.75) is 26.7 Å². The summed E-state index contributed by atoms with van der Waals surface area (Å²) in [6, 6.07) is 20.6. The van der Waals surface area contributed by atoms with E-state index in [0.29, 0.717) is 6.42 Å². The number of benzene rings is 2. The van der Waals surface area contributed by atoms with E-state index in [1.807, 2.05) is 50.2 Å². The van der Waals surface area contributed by atoms with Gasteiger partial charge in [-0.15, -0.1) is 0 Å². The number of carbonyl (C=O) groups excluding carboxylic acids is 1. The topological polar surface area (TPSA) is 41.5 Å². The van der Waals surface area contributed by atoms with Crippen LogP contribution in [0.1, 0.15) is 31.4 Å². The van der Waals surface area contributed by atoms with E-state index in [4.69, 9.17) is 4.99 Å². The zero-order valence-electron chi connectivity index (χ0n) is 14.1. The lowest BCUT2D eigenvalue weighted by atomic mass is 9.99. The minimum Gasteiger partial charge on any atom is -0.314 e. The summed E-state index contributed by atoms with van der Waals surface area (Å²) < 4.78 is 0. The standard InChI is InChI=1S/C21H22N2O/c1-15(2)21(24)23-20-14-18(17-11-7-4-8-12-17)19(22-20)13-16-9-5-3-6-10-16/h3-12,15H,13-14H2,1-2H3,(H,22,23,24). The van der Waals surface area contributed by atoms with Gasteiger partial charge in [0.25, 0.3) is 0 Å². The first-order chi connectivity index (χ1) is 11.6. The highest BCUT2D eigenvalue weighted by Crippen LogP contribution is 2.30. The van der Waals surface area contributed by atoms with E-state index in [0.717, 1.165) is 18.0 Å². The number of nitrogens with zero attached hydrogens (tertiary/aromatic N) is 1. The minimum atomic E-state index is -0.0500. The molecule has 3 heteroatoms. The highest BCUT2D eigenvalue weighted by Gasteiger charge is 2.21. The Morgan fingerprint density at radius 1 is 1.04 bits per heavy atom. The molecule has 1 amide bonds. The Bertz CT molecular complexity index is 774. The first-order valence-corrected chi connectivity index (χ1v) is 8.33. The first-order valence-electron chi connectivity index (χ1n) is 8.33. The molecule has 122 valence electrons. The van der Waals surface area contributed by atoms with Gasteiger partial charge in [-0.2, -0.15) is 0 Å². The Morgan fingerprint density at radius 2 is 1.67 bits per heavy atom. The van der Waals surface area contributed by atoms with E-state index >= 15 is 0 Å². The van der Waals surface area contributed by atoms with Crippen LogP contribution in [0, 0.1) is 5.92 Å². The lowest BCUT2D eigenvalue weighted by molar-refractivity contribution is -0.122. The monoisotopic (exact) mass is 318 g/mol. The molecular weight excluding hydrogens is 296 g/mol. The zero-order valence-corrected chi connectivity index (χ0v) is 14.1. The van der Waals surface area contributed by atoms with Crippen molar-refractivity contribution in [2.75, 3.05) is 0 Å². The highest BCUT2D eigenvalue weighted by atomic mass is 16.1. The molecule has 0 aromatic heterocycles. The molecule has 0 saturated carbocycles. The Labute approximate surface area is 143 Å². The van der Waals surface area contributed by atoms with Crippen LogP contribution < -0.4 is 5.32 Å². The van der Waals surface area contributed by atoms with Crippen LogP contribution in [0.5, 0.6) is 0 Å². The molecule has 3 rings (SSSR count). The van der Waals surface area contributed by atoms with E-state index in [1.54, 1.807) is 0 Å². The molecule has 0 fully saturated rings. The SMILES string of the molecule is CC(C)C(=O)NC1=NC(Cc2ccccc2)=C(c2ccccc2)C1. The van der Waals surface area contributed by atoms with E-state index in [2.05, 4.69) is 29.6 Å². The van der Waals surface area contributed by atoms with Crippen LogP contribution in [0.2, 0.25) is 0 Å². The van der Waals surface area contributed by atoms with Gasteiger partial charge in [0.15, 0.2) is 0 Å². The van der Waals surface area contributed by atoms with E-state index in [9.17, 15) is 4.79 Å². The molecule has 1 N–H and O–H groups in total. The van der Waals surface area contributed by atoms with E-state index in [1.165, 1.54) is 16.7 Å². The van der Waals surface area contributed by atoms with Crippen LogP contribution in [0.4, 0.5) is 0 Å². The molecule has 24 heavy (non-hydrogen) atoms. The van der Waals surface area contributed by atoms with Gasteiger partial charge in [-0.1, -0.05) is 74.5 Å². The van der Waals surface area contributed by atoms with Crippen LogP contribution >= 0.6 is 0 Å². The van der Waals surface area contributed by atoms with Crippen molar-refractivity contribution in [1.82, 2.24) is 5.32 Å². The highest BCUT2D eigenvalue weighted by molar-refractivity contribution is 6.06. The number of hydrogen-bond donors (Lipinski definition) is 1. The van der Waals surface area contributed by atoms with Gasteiger partial charge in [0.1, 0.15) is 5.84 Å². The van der Waals surface area contributed by atoms with Crippen LogP contribution in [0.15, 0.2) is 71.4 Å². The third-order valence-corrected chi connectivity index (χ3v) is 4.09. The quantitative estimate of drug-likeness (QED) is 0.901. The molecule has 0 aliphatic carbocycles. The average molecular weight is 318 g/mol. The van der Waals surface area contributed by atoms with Gasteiger partial charge >= 0.3 is 0 Å². The number of amides is 1. The van der Waals surface area contributed by atoms with Gasteiger partial charge in [-0.25, -0.2) is 4.99 Å². The van der Waals surface area contributed by atoms with Crippen molar-refractivity contribution in [3.63, 3.8) is 0 Å². The lowest BCUT2D eigenvalue weighted by Gasteiger charge is -2.08. The number of amidine groups is 1. The summed E-state index contributed by atoms with van der Waals surface area (Å²) in [5.74, 6) is 0.714. The number of nitrogens with one attached hydrogen (secondary N) is 1. The van der Waals surface area contributed by atoms with Gasteiger partial charge in [-0.05, 0) is 16.7 Å². The summed E-state index contributed by atoms with van der Waals surface area (Å²) >= 11 is 0.